The molecular weight excluding hydrogens is 899 g/mol. The second-order valence-electron chi connectivity index (χ2n) is 19.4. The fourth-order valence-corrected chi connectivity index (χ4v) is 11.4. The number of nitro benzene ring substituents is 1. The van der Waals surface area contributed by atoms with Gasteiger partial charge in [-0.3, -0.25) is 15.0 Å². The first-order chi connectivity index (χ1) is 34.8. The summed E-state index contributed by atoms with van der Waals surface area (Å²) in [5.74, 6) is -0.996. The SMILES string of the molecule is C=CCO[C@@]12Oc3ccc(Oc4cccc([N+](=O)[O-])c4)cc3[C@H]3[C@H](CCCCO)[C@@H](CCCCO)C=C(C(=NOC)C[C@@H]1N(Cc1cccc4ccccc14)C(=O)OCCCCCCCCCCCC)[C@H]32. The van der Waals surface area contributed by atoms with Gasteiger partial charge in [0.2, 0.25) is 5.79 Å². The molecule has 0 spiro atoms. The third kappa shape index (κ3) is 13.0. The van der Waals surface area contributed by atoms with Crippen LogP contribution in [0.15, 0.2) is 114 Å². The molecule has 0 unspecified atom stereocenters. The summed E-state index contributed by atoms with van der Waals surface area (Å²) in [4.78, 5) is 34.0. The van der Waals surface area contributed by atoms with E-state index < -0.39 is 28.8 Å². The summed E-state index contributed by atoms with van der Waals surface area (Å²) >= 11 is 0. The van der Waals surface area contributed by atoms with Crippen molar-refractivity contribution >= 4 is 28.3 Å². The van der Waals surface area contributed by atoms with E-state index in [9.17, 15) is 20.3 Å². The molecule has 1 amide bonds. The lowest BCUT2D eigenvalue weighted by Crippen LogP contribution is -2.70. The quantitative estimate of drug-likeness (QED) is 0.0232. The second-order valence-corrected chi connectivity index (χ2v) is 19.4. The van der Waals surface area contributed by atoms with E-state index in [1.54, 1.807) is 29.2 Å². The first kappa shape index (κ1) is 53.0. The van der Waals surface area contributed by atoms with Crippen molar-refractivity contribution in [3.63, 3.8) is 0 Å². The molecule has 0 bridgehead atoms. The Kier molecular flexibility index (Phi) is 19.9. The molecule has 2 N–H and O–H groups in total. The van der Waals surface area contributed by atoms with Gasteiger partial charge in [0, 0.05) is 37.2 Å². The molecule has 0 saturated heterocycles. The predicted molar refractivity (Wildman–Crippen MR) is 278 cm³/mol. The molecule has 13 heteroatoms. The number of aliphatic hydroxyl groups excluding tert-OH is 2. The topological polar surface area (TPSA) is 162 Å². The van der Waals surface area contributed by atoms with Crippen LogP contribution in [0.1, 0.15) is 133 Å². The number of unbranched alkanes of at least 4 members (excludes halogenated alkanes) is 11. The van der Waals surface area contributed by atoms with Crippen LogP contribution in [0.25, 0.3) is 10.8 Å². The van der Waals surface area contributed by atoms with Crippen molar-refractivity contribution in [3.8, 4) is 17.2 Å². The van der Waals surface area contributed by atoms with Gasteiger partial charge in [0.25, 0.3) is 5.69 Å². The predicted octanol–water partition coefficient (Wildman–Crippen LogP) is 13.4. The smallest absolute Gasteiger partial charge is 0.410 e. The van der Waals surface area contributed by atoms with Crippen LogP contribution < -0.4 is 9.47 Å². The maximum atomic E-state index is 15.2. The van der Waals surface area contributed by atoms with Crippen LogP contribution in [0.5, 0.6) is 17.2 Å². The first-order valence-electron chi connectivity index (χ1n) is 26.2. The molecule has 0 radical (unpaired) electrons. The third-order valence-electron chi connectivity index (χ3n) is 14.7. The van der Waals surface area contributed by atoms with Crippen molar-refractivity contribution < 1.29 is 43.7 Å². The van der Waals surface area contributed by atoms with Crippen LogP contribution in [0.3, 0.4) is 0 Å². The number of aliphatic hydroxyl groups is 2. The molecule has 6 atom stereocenters. The maximum absolute atomic E-state index is 15.2. The molecule has 1 fully saturated rings. The number of ether oxygens (including phenoxy) is 4. The summed E-state index contributed by atoms with van der Waals surface area (Å²) < 4.78 is 27.4. The highest BCUT2D eigenvalue weighted by atomic mass is 16.7. The molecule has 382 valence electrons. The Labute approximate surface area is 420 Å². The molecule has 71 heavy (non-hydrogen) atoms. The molecule has 1 saturated carbocycles. The standard InChI is InChI=1S/C58H75N3O10/c1-4-6-7-8-9-10-11-12-13-20-36-68-57(64)60(41-44-26-21-25-42-23-14-15-29-48(42)44)54-40-52(59-67-3)50-37-43(24-16-18-33-62)49(30-17-19-34-63)55-51-39-47(70-46-28-22-27-45(38-46)61(65)66)31-32-53(51)71-58(54,56(50)55)69-35-5-2/h5,14-15,21-23,25-29,31-32,37-39,43,49,54-56,62-63H,2,4,6-13,16-20,24,30,33-36,40-41H2,1,3H3/t43-,49+,54-,55+,56+,58+/m0/s1. The fraction of sp³-hybridized carbons (Fsp3) is 0.517. The van der Waals surface area contributed by atoms with Gasteiger partial charge in [-0.25, -0.2) is 4.79 Å². The summed E-state index contributed by atoms with van der Waals surface area (Å²) in [6.45, 7) is 7.03. The Hall–Kier alpha value is -5.76. The Bertz CT molecular complexity index is 2430. The van der Waals surface area contributed by atoms with E-state index in [2.05, 4.69) is 43.8 Å². The highest BCUT2D eigenvalue weighted by Gasteiger charge is 2.65. The number of hydrogen-bond donors (Lipinski definition) is 2. The summed E-state index contributed by atoms with van der Waals surface area (Å²) in [7, 11) is 1.54. The van der Waals surface area contributed by atoms with Crippen LogP contribution in [-0.4, -0.2) is 77.2 Å². The van der Waals surface area contributed by atoms with Gasteiger partial charge >= 0.3 is 6.09 Å². The van der Waals surface area contributed by atoms with E-state index in [4.69, 9.17) is 28.9 Å². The minimum Gasteiger partial charge on any atom is -0.459 e. The zero-order chi connectivity index (χ0) is 50.0. The molecule has 7 rings (SSSR count). The third-order valence-corrected chi connectivity index (χ3v) is 14.7. The van der Waals surface area contributed by atoms with Crippen LogP contribution in [0, 0.1) is 27.9 Å². The van der Waals surface area contributed by atoms with Gasteiger partial charge in [0.1, 0.15) is 30.4 Å². The van der Waals surface area contributed by atoms with Crippen molar-refractivity contribution in [2.24, 2.45) is 22.9 Å². The van der Waals surface area contributed by atoms with Crippen LogP contribution >= 0.6 is 0 Å². The molecule has 3 aliphatic rings. The number of nitro groups is 1. The van der Waals surface area contributed by atoms with Crippen LogP contribution in [0.4, 0.5) is 10.5 Å². The van der Waals surface area contributed by atoms with Crippen molar-refractivity contribution in [3.05, 3.63) is 130 Å². The van der Waals surface area contributed by atoms with Gasteiger partial charge in [-0.15, -0.1) is 6.58 Å². The zero-order valence-corrected chi connectivity index (χ0v) is 41.9. The van der Waals surface area contributed by atoms with Crippen molar-refractivity contribution in [2.75, 3.05) is 33.5 Å². The highest BCUT2D eigenvalue weighted by Crippen LogP contribution is 2.62. The number of nitrogens with zero attached hydrogens (tertiary/aromatic N) is 3. The summed E-state index contributed by atoms with van der Waals surface area (Å²) in [6, 6.07) is 25.3. The lowest BCUT2D eigenvalue weighted by atomic mass is 9.55. The molecule has 13 nitrogen and oxygen atoms in total. The summed E-state index contributed by atoms with van der Waals surface area (Å²) in [6.07, 6.45) is 19.7. The number of carbonyl (C=O) groups is 1. The van der Waals surface area contributed by atoms with E-state index in [0.29, 0.717) is 35.8 Å². The van der Waals surface area contributed by atoms with E-state index in [1.165, 1.54) is 64.2 Å². The second kappa shape index (κ2) is 26.6. The molecule has 2 aliphatic carbocycles. The average Bonchev–Trinajstić information content (AvgIpc) is 3.38. The van der Waals surface area contributed by atoms with Gasteiger partial charge in [-0.05, 0) is 90.1 Å². The van der Waals surface area contributed by atoms with Gasteiger partial charge < -0.3 is 34.0 Å². The van der Waals surface area contributed by atoms with Gasteiger partial charge in [0.15, 0.2) is 0 Å². The average molecular weight is 974 g/mol. The normalized spacial score (nSPS) is 21.7. The van der Waals surface area contributed by atoms with Crippen molar-refractivity contribution in [1.29, 1.82) is 0 Å². The fourth-order valence-electron chi connectivity index (χ4n) is 11.4. The van der Waals surface area contributed by atoms with E-state index in [-0.39, 0.29) is 62.8 Å². The Balaban J connectivity index is 1.34. The number of non-ortho nitro benzene ring substituents is 1. The highest BCUT2D eigenvalue weighted by molar-refractivity contribution is 6.03. The van der Waals surface area contributed by atoms with Crippen LogP contribution in [-0.2, 0) is 20.9 Å². The van der Waals surface area contributed by atoms with E-state index >= 15 is 4.79 Å². The van der Waals surface area contributed by atoms with Crippen molar-refractivity contribution in [2.45, 2.75) is 140 Å². The molecule has 1 aliphatic heterocycles. The molecule has 1 heterocycles. The maximum Gasteiger partial charge on any atom is 0.410 e. The van der Waals surface area contributed by atoms with Crippen molar-refractivity contribution in [1.82, 2.24) is 4.90 Å². The van der Waals surface area contributed by atoms with Gasteiger partial charge in [-0.2, -0.15) is 0 Å². The number of fused-ring (bicyclic) bond motifs is 3. The Morgan fingerprint density at radius 1 is 0.873 bits per heavy atom. The Morgan fingerprint density at radius 2 is 1.58 bits per heavy atom. The summed E-state index contributed by atoms with van der Waals surface area (Å²) in [5.41, 5.74) is 3.30. The minimum atomic E-state index is -1.50. The minimum absolute atomic E-state index is 0.0197. The lowest BCUT2D eigenvalue weighted by Gasteiger charge is -2.59. The summed E-state index contributed by atoms with van der Waals surface area (Å²) in [5, 5.41) is 38.6. The number of benzene rings is 4. The molecule has 0 aromatic heterocycles. The number of oxime groups is 1. The number of allylic oxidation sites excluding steroid dienone is 1. The largest absolute Gasteiger partial charge is 0.459 e. The molecular formula is C58H75N3O10. The number of hydrogen-bond acceptors (Lipinski definition) is 11. The van der Waals surface area contributed by atoms with Gasteiger partial charge in [0.05, 0.1) is 42.4 Å². The van der Waals surface area contributed by atoms with E-state index in [1.807, 2.05) is 30.3 Å². The molecule has 4 aromatic rings. The zero-order valence-electron chi connectivity index (χ0n) is 41.9. The number of amides is 1. The Morgan fingerprint density at radius 3 is 2.31 bits per heavy atom. The van der Waals surface area contributed by atoms with Crippen LogP contribution in [0.2, 0.25) is 0 Å². The number of rotatable bonds is 29. The van der Waals surface area contributed by atoms with E-state index in [0.717, 1.165) is 72.4 Å². The first-order valence-corrected chi connectivity index (χ1v) is 26.2. The number of carbonyl (C=O) groups excluding carboxylic acids is 1. The lowest BCUT2D eigenvalue weighted by molar-refractivity contribution is -0.384. The molecule has 4 aromatic carbocycles. The van der Waals surface area contributed by atoms with Gasteiger partial charge in [-0.1, -0.05) is 143 Å². The monoisotopic (exact) mass is 974 g/mol.